The van der Waals surface area contributed by atoms with Gasteiger partial charge in [-0.15, -0.1) is 6.58 Å². The Morgan fingerprint density at radius 2 is 2.39 bits per heavy atom. The van der Waals surface area contributed by atoms with Crippen molar-refractivity contribution >= 4 is 23.2 Å². The van der Waals surface area contributed by atoms with E-state index in [1.807, 2.05) is 0 Å². The van der Waals surface area contributed by atoms with Crippen LogP contribution in [0.15, 0.2) is 24.9 Å². The molecular formula is C11H12ClN3O3. The molecule has 0 aliphatic heterocycles. The lowest BCUT2D eigenvalue weighted by Gasteiger charge is -2.16. The molecule has 1 rings (SSSR count). The number of aromatic nitrogens is 1. The van der Waals surface area contributed by atoms with Crippen LogP contribution in [0.5, 0.6) is 0 Å². The fourth-order valence-electron chi connectivity index (χ4n) is 1.37. The van der Waals surface area contributed by atoms with Gasteiger partial charge in [0.2, 0.25) is 5.15 Å². The van der Waals surface area contributed by atoms with E-state index in [1.54, 1.807) is 13.1 Å². The van der Waals surface area contributed by atoms with Gasteiger partial charge in [-0.3, -0.25) is 14.9 Å². The van der Waals surface area contributed by atoms with E-state index in [0.29, 0.717) is 13.0 Å². The van der Waals surface area contributed by atoms with Gasteiger partial charge in [0.15, 0.2) is 0 Å². The van der Waals surface area contributed by atoms with E-state index in [9.17, 15) is 14.9 Å². The number of nitro groups is 1. The Morgan fingerprint density at radius 3 is 2.94 bits per heavy atom. The van der Waals surface area contributed by atoms with Gasteiger partial charge >= 0.3 is 5.69 Å². The fourth-order valence-corrected chi connectivity index (χ4v) is 1.59. The summed E-state index contributed by atoms with van der Waals surface area (Å²) < 4.78 is 0. The second kappa shape index (κ2) is 6.11. The van der Waals surface area contributed by atoms with Gasteiger partial charge < -0.3 is 4.90 Å². The molecule has 0 radical (unpaired) electrons. The predicted molar refractivity (Wildman–Crippen MR) is 67.7 cm³/mol. The highest BCUT2D eigenvalue weighted by molar-refractivity contribution is 6.32. The molecule has 0 aliphatic rings. The maximum absolute atomic E-state index is 12.0. The summed E-state index contributed by atoms with van der Waals surface area (Å²) in [5.41, 5.74) is -0.527. The van der Waals surface area contributed by atoms with E-state index in [4.69, 9.17) is 11.6 Å². The first-order valence-electron chi connectivity index (χ1n) is 5.14. The molecule has 0 aliphatic carbocycles. The highest BCUT2D eigenvalue weighted by Gasteiger charge is 2.26. The van der Waals surface area contributed by atoms with Gasteiger partial charge in [0.25, 0.3) is 5.91 Å². The van der Waals surface area contributed by atoms with Crippen LogP contribution in [-0.4, -0.2) is 34.3 Å². The Bertz CT molecular complexity index is 490. The van der Waals surface area contributed by atoms with Crippen LogP contribution in [0.3, 0.4) is 0 Å². The molecule has 18 heavy (non-hydrogen) atoms. The van der Waals surface area contributed by atoms with Crippen molar-refractivity contribution in [3.8, 4) is 0 Å². The zero-order valence-corrected chi connectivity index (χ0v) is 10.6. The number of pyridine rings is 1. The minimum absolute atomic E-state index is 0.0634. The zero-order valence-electron chi connectivity index (χ0n) is 9.80. The van der Waals surface area contributed by atoms with Crippen molar-refractivity contribution in [2.24, 2.45) is 0 Å². The predicted octanol–water partition coefficient (Wildman–Crippen LogP) is 2.29. The van der Waals surface area contributed by atoms with Crippen molar-refractivity contribution in [2.45, 2.75) is 6.42 Å². The summed E-state index contributed by atoms with van der Waals surface area (Å²) in [4.78, 5) is 27.2. The van der Waals surface area contributed by atoms with E-state index in [2.05, 4.69) is 11.6 Å². The normalized spacial score (nSPS) is 9.89. The van der Waals surface area contributed by atoms with Gasteiger partial charge in [0.1, 0.15) is 5.56 Å². The van der Waals surface area contributed by atoms with E-state index in [-0.39, 0.29) is 10.7 Å². The maximum Gasteiger partial charge on any atom is 0.319 e. The number of hydrogen-bond acceptors (Lipinski definition) is 4. The van der Waals surface area contributed by atoms with Crippen molar-refractivity contribution in [3.05, 3.63) is 45.7 Å². The van der Waals surface area contributed by atoms with Crippen molar-refractivity contribution in [1.82, 2.24) is 9.88 Å². The Labute approximate surface area is 109 Å². The van der Waals surface area contributed by atoms with Crippen molar-refractivity contribution in [1.29, 1.82) is 0 Å². The van der Waals surface area contributed by atoms with Crippen LogP contribution in [0.2, 0.25) is 5.15 Å². The number of rotatable bonds is 5. The molecule has 0 N–H and O–H groups in total. The molecule has 1 heterocycles. The molecule has 0 bridgehead atoms. The number of nitrogens with zero attached hydrogens (tertiary/aromatic N) is 3. The monoisotopic (exact) mass is 269 g/mol. The summed E-state index contributed by atoms with van der Waals surface area (Å²) in [5.74, 6) is -0.465. The largest absolute Gasteiger partial charge is 0.341 e. The van der Waals surface area contributed by atoms with E-state index >= 15 is 0 Å². The summed E-state index contributed by atoms with van der Waals surface area (Å²) in [6.07, 6.45) is 3.54. The first kappa shape index (κ1) is 14.1. The standard InChI is InChI=1S/C11H12ClN3O3/c1-3-4-7-14(2)11(16)8-5-6-13-10(12)9(8)15(17)18/h3,5-6H,1,4,7H2,2H3. The second-order valence-electron chi connectivity index (χ2n) is 3.56. The van der Waals surface area contributed by atoms with Gasteiger partial charge in [-0.05, 0) is 12.5 Å². The van der Waals surface area contributed by atoms with E-state index in [0.717, 1.165) is 0 Å². The zero-order chi connectivity index (χ0) is 13.7. The van der Waals surface area contributed by atoms with Gasteiger partial charge in [0.05, 0.1) is 4.92 Å². The van der Waals surface area contributed by atoms with Crippen molar-refractivity contribution in [3.63, 3.8) is 0 Å². The first-order chi connectivity index (χ1) is 8.49. The number of carbonyl (C=O) groups is 1. The molecule has 7 heteroatoms. The molecule has 0 saturated heterocycles. The lowest BCUT2D eigenvalue weighted by atomic mass is 10.2. The first-order valence-corrected chi connectivity index (χ1v) is 5.52. The average molecular weight is 270 g/mol. The Morgan fingerprint density at radius 1 is 1.72 bits per heavy atom. The Kier molecular flexibility index (Phi) is 4.79. The van der Waals surface area contributed by atoms with E-state index < -0.39 is 16.5 Å². The molecule has 0 atom stereocenters. The molecule has 1 aromatic rings. The summed E-state index contributed by atoms with van der Waals surface area (Å²) in [7, 11) is 1.56. The van der Waals surface area contributed by atoms with Crippen LogP contribution < -0.4 is 0 Å². The molecule has 6 nitrogen and oxygen atoms in total. The highest BCUT2D eigenvalue weighted by Crippen LogP contribution is 2.26. The van der Waals surface area contributed by atoms with Crippen LogP contribution in [0.4, 0.5) is 5.69 Å². The Balaban J connectivity index is 3.09. The third-order valence-corrected chi connectivity index (χ3v) is 2.58. The molecule has 0 fully saturated rings. The number of amides is 1. The number of carbonyl (C=O) groups excluding carboxylic acids is 1. The number of hydrogen-bond donors (Lipinski definition) is 0. The minimum Gasteiger partial charge on any atom is -0.341 e. The molecule has 1 amide bonds. The maximum atomic E-state index is 12.0. The molecule has 0 unspecified atom stereocenters. The molecule has 0 aromatic carbocycles. The smallest absolute Gasteiger partial charge is 0.319 e. The summed E-state index contributed by atoms with van der Waals surface area (Å²) >= 11 is 5.64. The quantitative estimate of drug-likeness (QED) is 0.356. The molecule has 0 spiro atoms. The molecule has 1 aromatic heterocycles. The molecule has 0 saturated carbocycles. The van der Waals surface area contributed by atoms with Gasteiger partial charge in [-0.25, -0.2) is 4.98 Å². The highest BCUT2D eigenvalue weighted by atomic mass is 35.5. The van der Waals surface area contributed by atoms with Crippen molar-refractivity contribution < 1.29 is 9.72 Å². The Hall–Kier alpha value is -1.95. The van der Waals surface area contributed by atoms with Crippen LogP contribution >= 0.6 is 11.6 Å². The number of halogens is 1. The third kappa shape index (κ3) is 3.04. The van der Waals surface area contributed by atoms with Crippen LogP contribution in [0, 0.1) is 10.1 Å². The lowest BCUT2D eigenvalue weighted by Crippen LogP contribution is -2.28. The van der Waals surface area contributed by atoms with Crippen LogP contribution in [0.1, 0.15) is 16.8 Å². The van der Waals surface area contributed by atoms with Crippen LogP contribution in [0.25, 0.3) is 0 Å². The third-order valence-electron chi connectivity index (χ3n) is 2.31. The minimum atomic E-state index is -0.704. The van der Waals surface area contributed by atoms with Gasteiger partial charge in [0, 0.05) is 19.8 Å². The molecule has 96 valence electrons. The lowest BCUT2D eigenvalue weighted by molar-refractivity contribution is -0.385. The van der Waals surface area contributed by atoms with Crippen molar-refractivity contribution in [2.75, 3.05) is 13.6 Å². The second-order valence-corrected chi connectivity index (χ2v) is 3.92. The summed E-state index contributed by atoms with van der Waals surface area (Å²) in [6, 6.07) is 1.29. The van der Waals surface area contributed by atoms with Gasteiger partial charge in [-0.1, -0.05) is 17.7 Å². The fraction of sp³-hybridized carbons (Fsp3) is 0.273. The van der Waals surface area contributed by atoms with Gasteiger partial charge in [-0.2, -0.15) is 0 Å². The summed E-state index contributed by atoms with van der Waals surface area (Å²) in [5, 5.41) is 10.6. The van der Waals surface area contributed by atoms with E-state index in [1.165, 1.54) is 17.2 Å². The summed E-state index contributed by atoms with van der Waals surface area (Å²) in [6.45, 7) is 3.98. The topological polar surface area (TPSA) is 76.3 Å². The average Bonchev–Trinajstić information content (AvgIpc) is 2.34. The van der Waals surface area contributed by atoms with Crippen LogP contribution in [-0.2, 0) is 0 Å². The molecular weight excluding hydrogens is 258 g/mol. The SMILES string of the molecule is C=CCCN(C)C(=O)c1ccnc(Cl)c1[N+](=O)[O-].